The number of hydrogen-bond acceptors (Lipinski definition) is 4. The predicted molar refractivity (Wildman–Crippen MR) is 73.1 cm³/mol. The number of nitrogens with zero attached hydrogens (tertiary/aromatic N) is 3. The molecule has 0 radical (unpaired) electrons. The van der Waals surface area contributed by atoms with E-state index in [1.165, 1.54) is 12.1 Å². The molecule has 0 bridgehead atoms. The van der Waals surface area contributed by atoms with Gasteiger partial charge >= 0.3 is 0 Å². The molecule has 0 aliphatic heterocycles. The lowest BCUT2D eigenvalue weighted by atomic mass is 10.2. The van der Waals surface area contributed by atoms with E-state index in [0.717, 1.165) is 6.07 Å². The Bertz CT molecular complexity index is 766. The van der Waals surface area contributed by atoms with Crippen molar-refractivity contribution in [1.29, 1.82) is 5.26 Å². The number of aromatic nitrogens is 2. The van der Waals surface area contributed by atoms with Crippen molar-refractivity contribution in [2.24, 2.45) is 0 Å². The van der Waals surface area contributed by atoms with Crippen LogP contribution in [0.4, 0.5) is 4.39 Å². The summed E-state index contributed by atoms with van der Waals surface area (Å²) in [5.74, 6) is -0.859. The number of nitriles is 1. The highest BCUT2D eigenvalue weighted by Gasteiger charge is 2.23. The summed E-state index contributed by atoms with van der Waals surface area (Å²) in [4.78, 5) is 3.50. The van der Waals surface area contributed by atoms with Crippen LogP contribution < -0.4 is 4.72 Å². The largest absolute Gasteiger partial charge is 0.336 e. The summed E-state index contributed by atoms with van der Waals surface area (Å²) < 4.78 is 42.1. The molecule has 0 aliphatic rings. The van der Waals surface area contributed by atoms with Crippen molar-refractivity contribution in [3.05, 3.63) is 48.3 Å². The maximum absolute atomic E-state index is 13.5. The van der Waals surface area contributed by atoms with Crippen LogP contribution in [-0.4, -0.2) is 24.0 Å². The van der Waals surface area contributed by atoms with Gasteiger partial charge in [-0.1, -0.05) is 6.07 Å². The predicted octanol–water partition coefficient (Wildman–Crippen LogP) is 1.26. The number of benzene rings is 1. The number of nitrogens with one attached hydrogen (secondary N) is 1. The van der Waals surface area contributed by atoms with Crippen LogP contribution in [0, 0.1) is 17.1 Å². The van der Waals surface area contributed by atoms with Crippen molar-refractivity contribution in [2.75, 3.05) is 0 Å². The zero-order chi connectivity index (χ0) is 15.5. The molecule has 0 saturated carbocycles. The van der Waals surface area contributed by atoms with Crippen LogP contribution in [0.25, 0.3) is 0 Å². The second kappa shape index (κ2) is 6.03. The molecule has 1 atom stereocenters. The third-order valence-electron chi connectivity index (χ3n) is 2.78. The standard InChI is InChI=1S/C13H13FN4O2S/c1-10(8-18-6-5-16-9-18)17-21(19,20)13-4-2-3-12(14)11(13)7-15/h2-6,9-10,17H,8H2,1H3. The van der Waals surface area contributed by atoms with Gasteiger partial charge in [0, 0.05) is 25.0 Å². The Morgan fingerprint density at radius 3 is 2.90 bits per heavy atom. The lowest BCUT2D eigenvalue weighted by molar-refractivity contribution is 0.519. The molecule has 1 aromatic carbocycles. The molecule has 0 aliphatic carbocycles. The van der Waals surface area contributed by atoms with Gasteiger partial charge in [-0.2, -0.15) is 5.26 Å². The van der Waals surface area contributed by atoms with E-state index in [1.807, 2.05) is 0 Å². The van der Waals surface area contributed by atoms with Crippen LogP contribution in [0.15, 0.2) is 41.8 Å². The summed E-state index contributed by atoms with van der Waals surface area (Å²) in [5, 5.41) is 8.91. The molecule has 1 N–H and O–H groups in total. The minimum Gasteiger partial charge on any atom is -0.336 e. The first-order valence-electron chi connectivity index (χ1n) is 6.10. The number of imidazole rings is 1. The highest BCUT2D eigenvalue weighted by atomic mass is 32.2. The van der Waals surface area contributed by atoms with Crippen molar-refractivity contribution in [3.8, 4) is 6.07 Å². The van der Waals surface area contributed by atoms with Crippen LogP contribution in [0.2, 0.25) is 0 Å². The fourth-order valence-corrected chi connectivity index (χ4v) is 3.31. The molecule has 2 aromatic rings. The molecule has 0 fully saturated rings. The lowest BCUT2D eigenvalue weighted by Gasteiger charge is -2.15. The normalized spacial score (nSPS) is 12.8. The molecule has 2 rings (SSSR count). The van der Waals surface area contributed by atoms with Crippen molar-refractivity contribution in [3.63, 3.8) is 0 Å². The highest BCUT2D eigenvalue weighted by molar-refractivity contribution is 7.89. The number of halogens is 1. The summed E-state index contributed by atoms with van der Waals surface area (Å²) in [6, 6.07) is 4.64. The molecule has 8 heteroatoms. The maximum Gasteiger partial charge on any atom is 0.242 e. The topological polar surface area (TPSA) is 87.8 Å². The van der Waals surface area contributed by atoms with E-state index in [0.29, 0.717) is 6.54 Å². The Morgan fingerprint density at radius 1 is 1.52 bits per heavy atom. The summed E-state index contributed by atoms with van der Waals surface area (Å²) in [5.41, 5.74) is -0.486. The molecule has 1 heterocycles. The van der Waals surface area contributed by atoms with Gasteiger partial charge in [0.15, 0.2) is 0 Å². The van der Waals surface area contributed by atoms with E-state index < -0.39 is 27.4 Å². The summed E-state index contributed by atoms with van der Waals surface area (Å²) >= 11 is 0. The lowest BCUT2D eigenvalue weighted by Crippen LogP contribution is -2.35. The molecule has 0 saturated heterocycles. The first kappa shape index (κ1) is 15.2. The van der Waals surface area contributed by atoms with Gasteiger partial charge in [0.1, 0.15) is 22.3 Å². The molecule has 21 heavy (non-hydrogen) atoms. The minimum atomic E-state index is -3.97. The van der Waals surface area contributed by atoms with E-state index in [-0.39, 0.29) is 4.90 Å². The van der Waals surface area contributed by atoms with E-state index in [2.05, 4.69) is 9.71 Å². The fraction of sp³-hybridized carbons (Fsp3) is 0.231. The zero-order valence-corrected chi connectivity index (χ0v) is 12.0. The smallest absolute Gasteiger partial charge is 0.242 e. The Morgan fingerprint density at radius 2 is 2.29 bits per heavy atom. The van der Waals surface area contributed by atoms with Gasteiger partial charge in [-0.05, 0) is 19.1 Å². The third-order valence-corrected chi connectivity index (χ3v) is 4.41. The number of hydrogen-bond donors (Lipinski definition) is 1. The highest BCUT2D eigenvalue weighted by Crippen LogP contribution is 2.18. The van der Waals surface area contributed by atoms with Crippen LogP contribution in [0.5, 0.6) is 0 Å². The van der Waals surface area contributed by atoms with Gasteiger partial charge in [-0.15, -0.1) is 0 Å². The Balaban J connectivity index is 2.23. The average molecular weight is 308 g/mol. The van der Waals surface area contributed by atoms with Gasteiger partial charge in [-0.25, -0.2) is 22.5 Å². The molecular formula is C13H13FN4O2S. The van der Waals surface area contributed by atoms with Crippen LogP contribution in [0.3, 0.4) is 0 Å². The number of sulfonamides is 1. The van der Waals surface area contributed by atoms with Gasteiger partial charge in [0.05, 0.1) is 6.33 Å². The van der Waals surface area contributed by atoms with E-state index in [1.54, 1.807) is 36.3 Å². The quantitative estimate of drug-likeness (QED) is 0.900. The maximum atomic E-state index is 13.5. The summed E-state index contributed by atoms with van der Waals surface area (Å²) in [7, 11) is -3.97. The molecule has 1 aromatic heterocycles. The van der Waals surface area contributed by atoms with Crippen LogP contribution in [0.1, 0.15) is 12.5 Å². The monoisotopic (exact) mass is 308 g/mol. The first-order valence-corrected chi connectivity index (χ1v) is 7.59. The third kappa shape index (κ3) is 3.45. The second-order valence-corrected chi connectivity index (χ2v) is 6.19. The van der Waals surface area contributed by atoms with E-state index >= 15 is 0 Å². The van der Waals surface area contributed by atoms with Crippen molar-refractivity contribution in [1.82, 2.24) is 14.3 Å². The fourth-order valence-electron chi connectivity index (χ4n) is 1.91. The minimum absolute atomic E-state index is 0.359. The molecule has 1 unspecified atom stereocenters. The zero-order valence-electron chi connectivity index (χ0n) is 11.2. The summed E-state index contributed by atoms with van der Waals surface area (Å²) in [6.45, 7) is 2.04. The first-order chi connectivity index (χ1) is 9.94. The molecular weight excluding hydrogens is 295 g/mol. The van der Waals surface area contributed by atoms with E-state index in [4.69, 9.17) is 5.26 Å². The number of rotatable bonds is 5. The van der Waals surface area contributed by atoms with Gasteiger partial charge in [0.2, 0.25) is 10.0 Å². The van der Waals surface area contributed by atoms with Crippen LogP contribution >= 0.6 is 0 Å². The molecule has 0 spiro atoms. The van der Waals surface area contributed by atoms with Crippen molar-refractivity contribution in [2.45, 2.75) is 24.4 Å². The van der Waals surface area contributed by atoms with Gasteiger partial charge in [-0.3, -0.25) is 0 Å². The van der Waals surface area contributed by atoms with Crippen molar-refractivity contribution >= 4 is 10.0 Å². The molecule has 6 nitrogen and oxygen atoms in total. The Hall–Kier alpha value is -2.24. The second-order valence-electron chi connectivity index (χ2n) is 4.51. The van der Waals surface area contributed by atoms with Crippen molar-refractivity contribution < 1.29 is 12.8 Å². The Labute approximate surface area is 121 Å². The average Bonchev–Trinajstić information content (AvgIpc) is 2.90. The van der Waals surface area contributed by atoms with Gasteiger partial charge in [0.25, 0.3) is 0 Å². The van der Waals surface area contributed by atoms with E-state index in [9.17, 15) is 12.8 Å². The SMILES string of the molecule is CC(Cn1ccnc1)NS(=O)(=O)c1cccc(F)c1C#N. The van der Waals surface area contributed by atoms with Crippen LogP contribution in [-0.2, 0) is 16.6 Å². The molecule has 110 valence electrons. The molecule has 0 amide bonds. The summed E-state index contributed by atoms with van der Waals surface area (Å²) in [6.07, 6.45) is 4.85. The van der Waals surface area contributed by atoms with Gasteiger partial charge < -0.3 is 4.57 Å². The Kier molecular flexibility index (Phi) is 4.35.